The molecule has 0 N–H and O–H groups in total. The van der Waals surface area contributed by atoms with Crippen molar-refractivity contribution in [3.63, 3.8) is 0 Å². The maximum absolute atomic E-state index is 5.90. The summed E-state index contributed by atoms with van der Waals surface area (Å²) in [6.45, 7) is 10.6. The van der Waals surface area contributed by atoms with Gasteiger partial charge in [0.05, 0.1) is 13.2 Å². The van der Waals surface area contributed by atoms with E-state index in [0.717, 1.165) is 83.7 Å². The molecule has 168 valence electrons. The Balaban J connectivity index is 1.20. The largest absolute Gasteiger partial charge is 0.492 e. The molecule has 2 aliphatic rings. The van der Waals surface area contributed by atoms with Crippen molar-refractivity contribution >= 4 is 5.95 Å². The van der Waals surface area contributed by atoms with E-state index in [1.807, 2.05) is 36.4 Å². The summed E-state index contributed by atoms with van der Waals surface area (Å²) in [6, 6.07) is 11.8. The lowest BCUT2D eigenvalue weighted by Crippen LogP contribution is -2.38. The second-order valence-corrected chi connectivity index (χ2v) is 7.84. The van der Waals surface area contributed by atoms with Gasteiger partial charge in [-0.25, -0.2) is 4.98 Å². The summed E-state index contributed by atoms with van der Waals surface area (Å²) >= 11 is 0. The molecule has 2 aliphatic heterocycles. The van der Waals surface area contributed by atoms with Crippen LogP contribution < -0.4 is 14.4 Å². The van der Waals surface area contributed by atoms with Gasteiger partial charge in [-0.15, -0.1) is 0 Å². The highest BCUT2D eigenvalue weighted by Crippen LogP contribution is 2.15. The molecule has 1 aromatic carbocycles. The first kappa shape index (κ1) is 21.8. The number of morpholine rings is 1. The van der Waals surface area contributed by atoms with Gasteiger partial charge in [-0.05, 0) is 18.6 Å². The SMILES string of the molecule is c1ccc(OCCN2CCCN(c3nccc(OCCN4CCOCC4)n3)CC2)cc1. The summed E-state index contributed by atoms with van der Waals surface area (Å²) in [4.78, 5) is 16.2. The standard InChI is InChI=1S/C23H33N5O3/c1-2-5-21(6-3-1)30-19-15-26-9-4-10-28(12-11-26)23-24-8-7-22(25-23)31-20-16-27-13-17-29-18-14-27/h1-3,5-8H,4,9-20H2. The van der Waals surface area contributed by atoms with Crippen molar-refractivity contribution in [3.05, 3.63) is 42.6 Å². The Morgan fingerprint density at radius 3 is 2.42 bits per heavy atom. The summed E-state index contributed by atoms with van der Waals surface area (Å²) < 4.78 is 17.1. The van der Waals surface area contributed by atoms with Gasteiger partial charge < -0.3 is 19.1 Å². The monoisotopic (exact) mass is 427 g/mol. The van der Waals surface area contributed by atoms with Gasteiger partial charge in [-0.1, -0.05) is 18.2 Å². The molecule has 8 heteroatoms. The summed E-state index contributed by atoms with van der Waals surface area (Å²) in [6.07, 6.45) is 2.87. The second-order valence-electron chi connectivity index (χ2n) is 7.84. The average molecular weight is 428 g/mol. The number of hydrogen-bond donors (Lipinski definition) is 0. The van der Waals surface area contributed by atoms with Gasteiger partial charge >= 0.3 is 0 Å². The Bertz CT molecular complexity index is 773. The van der Waals surface area contributed by atoms with E-state index in [0.29, 0.717) is 19.1 Å². The minimum Gasteiger partial charge on any atom is -0.492 e. The topological polar surface area (TPSA) is 63.2 Å². The van der Waals surface area contributed by atoms with Crippen molar-refractivity contribution in [1.29, 1.82) is 0 Å². The molecule has 0 saturated carbocycles. The number of ether oxygens (including phenoxy) is 3. The van der Waals surface area contributed by atoms with Crippen molar-refractivity contribution in [3.8, 4) is 11.6 Å². The van der Waals surface area contributed by atoms with Crippen LogP contribution in [-0.2, 0) is 4.74 Å². The van der Waals surface area contributed by atoms with Crippen LogP contribution in [0.15, 0.2) is 42.6 Å². The van der Waals surface area contributed by atoms with E-state index in [2.05, 4.69) is 24.7 Å². The van der Waals surface area contributed by atoms with E-state index < -0.39 is 0 Å². The highest BCUT2D eigenvalue weighted by atomic mass is 16.5. The molecule has 0 radical (unpaired) electrons. The van der Waals surface area contributed by atoms with Gasteiger partial charge in [0, 0.05) is 64.6 Å². The summed E-state index contributed by atoms with van der Waals surface area (Å²) in [7, 11) is 0. The van der Waals surface area contributed by atoms with Crippen LogP contribution in [0, 0.1) is 0 Å². The smallest absolute Gasteiger partial charge is 0.228 e. The Morgan fingerprint density at radius 2 is 1.58 bits per heavy atom. The molecule has 2 fully saturated rings. The van der Waals surface area contributed by atoms with E-state index in [1.54, 1.807) is 6.20 Å². The summed E-state index contributed by atoms with van der Waals surface area (Å²) in [5.41, 5.74) is 0. The lowest BCUT2D eigenvalue weighted by atomic mass is 10.3. The molecule has 1 aromatic heterocycles. The Kier molecular flexibility index (Phi) is 8.32. The fourth-order valence-corrected chi connectivity index (χ4v) is 3.87. The van der Waals surface area contributed by atoms with E-state index in [4.69, 9.17) is 14.2 Å². The maximum Gasteiger partial charge on any atom is 0.228 e. The van der Waals surface area contributed by atoms with Crippen LogP contribution in [0.5, 0.6) is 11.6 Å². The van der Waals surface area contributed by atoms with Crippen LogP contribution >= 0.6 is 0 Å². The van der Waals surface area contributed by atoms with E-state index in [1.165, 1.54) is 0 Å². The summed E-state index contributed by atoms with van der Waals surface area (Å²) in [5.74, 6) is 2.33. The van der Waals surface area contributed by atoms with Gasteiger partial charge in [0.25, 0.3) is 0 Å². The second kappa shape index (κ2) is 11.8. The number of para-hydroxylation sites is 1. The van der Waals surface area contributed by atoms with Crippen LogP contribution in [0.4, 0.5) is 5.95 Å². The van der Waals surface area contributed by atoms with E-state index in [9.17, 15) is 0 Å². The molecule has 0 atom stereocenters. The molecule has 0 bridgehead atoms. The molecule has 2 aromatic rings. The molecule has 31 heavy (non-hydrogen) atoms. The van der Waals surface area contributed by atoms with E-state index in [-0.39, 0.29) is 0 Å². The van der Waals surface area contributed by atoms with Crippen molar-refractivity contribution in [1.82, 2.24) is 19.8 Å². The van der Waals surface area contributed by atoms with Crippen LogP contribution in [-0.4, -0.2) is 98.6 Å². The molecule has 0 spiro atoms. The number of aromatic nitrogens is 2. The molecule has 8 nitrogen and oxygen atoms in total. The minimum absolute atomic E-state index is 0.631. The Labute approximate surface area is 184 Å². The van der Waals surface area contributed by atoms with Crippen molar-refractivity contribution in [2.45, 2.75) is 6.42 Å². The lowest BCUT2D eigenvalue weighted by Gasteiger charge is -2.26. The Hall–Kier alpha value is -2.42. The predicted molar refractivity (Wildman–Crippen MR) is 120 cm³/mol. The molecular formula is C23H33N5O3. The number of rotatable bonds is 9. The third-order valence-corrected chi connectivity index (χ3v) is 5.67. The predicted octanol–water partition coefficient (Wildman–Crippen LogP) is 1.78. The summed E-state index contributed by atoms with van der Waals surface area (Å²) in [5, 5.41) is 0. The normalized spacial score (nSPS) is 18.5. The zero-order chi connectivity index (χ0) is 21.1. The van der Waals surface area contributed by atoms with Crippen LogP contribution in [0.3, 0.4) is 0 Å². The Morgan fingerprint density at radius 1 is 0.806 bits per heavy atom. The highest BCUT2D eigenvalue weighted by molar-refractivity contribution is 5.32. The fourth-order valence-electron chi connectivity index (χ4n) is 3.87. The number of hydrogen-bond acceptors (Lipinski definition) is 8. The van der Waals surface area contributed by atoms with Gasteiger partial charge in [0.1, 0.15) is 19.0 Å². The number of benzene rings is 1. The quantitative estimate of drug-likeness (QED) is 0.600. The molecule has 0 amide bonds. The minimum atomic E-state index is 0.631. The molecule has 0 unspecified atom stereocenters. The number of anilines is 1. The van der Waals surface area contributed by atoms with Gasteiger partial charge in [-0.3, -0.25) is 9.80 Å². The first-order chi connectivity index (χ1) is 15.4. The van der Waals surface area contributed by atoms with E-state index >= 15 is 0 Å². The zero-order valence-corrected chi connectivity index (χ0v) is 18.2. The third kappa shape index (κ3) is 7.05. The zero-order valence-electron chi connectivity index (χ0n) is 18.2. The first-order valence-corrected chi connectivity index (χ1v) is 11.3. The van der Waals surface area contributed by atoms with Gasteiger partial charge in [-0.2, -0.15) is 4.98 Å². The van der Waals surface area contributed by atoms with Crippen molar-refractivity contribution in [2.24, 2.45) is 0 Å². The fraction of sp³-hybridized carbons (Fsp3) is 0.565. The molecule has 4 rings (SSSR count). The van der Waals surface area contributed by atoms with Crippen LogP contribution in [0.25, 0.3) is 0 Å². The van der Waals surface area contributed by atoms with Crippen LogP contribution in [0.1, 0.15) is 6.42 Å². The lowest BCUT2D eigenvalue weighted by molar-refractivity contribution is 0.0320. The highest BCUT2D eigenvalue weighted by Gasteiger charge is 2.17. The average Bonchev–Trinajstić information content (AvgIpc) is 3.07. The van der Waals surface area contributed by atoms with Crippen LogP contribution in [0.2, 0.25) is 0 Å². The molecule has 2 saturated heterocycles. The molecule has 3 heterocycles. The number of nitrogens with zero attached hydrogens (tertiary/aromatic N) is 5. The maximum atomic E-state index is 5.90. The van der Waals surface area contributed by atoms with Gasteiger partial charge in [0.2, 0.25) is 11.8 Å². The van der Waals surface area contributed by atoms with Crippen molar-refractivity contribution in [2.75, 3.05) is 83.7 Å². The van der Waals surface area contributed by atoms with Gasteiger partial charge in [0.15, 0.2) is 0 Å². The molecular weight excluding hydrogens is 394 g/mol. The first-order valence-electron chi connectivity index (χ1n) is 11.3. The molecule has 0 aliphatic carbocycles. The van der Waals surface area contributed by atoms with Crippen molar-refractivity contribution < 1.29 is 14.2 Å². The third-order valence-electron chi connectivity index (χ3n) is 5.67.